The van der Waals surface area contributed by atoms with Gasteiger partial charge < -0.3 is 5.32 Å². The summed E-state index contributed by atoms with van der Waals surface area (Å²) in [6.07, 6.45) is 5.42. The van der Waals surface area contributed by atoms with Crippen molar-refractivity contribution in [3.63, 3.8) is 0 Å². The summed E-state index contributed by atoms with van der Waals surface area (Å²) in [5.41, 5.74) is 1.47. The standard InChI is InChI=1S/C18H14FN5OS/c19-15-7-12(14-9-21-18-22-11-23-24(18)10-14)6-13(8-15)17(25)20-4-3-16-2-1-5-26-16/h1-2,5-11H,3-4H2,(H,20,25). The van der Waals surface area contributed by atoms with Crippen LogP contribution in [0, 0.1) is 5.82 Å². The molecule has 8 heteroatoms. The summed E-state index contributed by atoms with van der Waals surface area (Å²) < 4.78 is 15.5. The van der Waals surface area contributed by atoms with Gasteiger partial charge in [-0.3, -0.25) is 4.79 Å². The fraction of sp³-hybridized carbons (Fsp3) is 0.111. The summed E-state index contributed by atoms with van der Waals surface area (Å²) in [4.78, 5) is 21.7. The van der Waals surface area contributed by atoms with Crippen molar-refractivity contribution in [2.45, 2.75) is 6.42 Å². The van der Waals surface area contributed by atoms with Crippen LogP contribution in [-0.2, 0) is 6.42 Å². The van der Waals surface area contributed by atoms with Crippen LogP contribution in [0.25, 0.3) is 16.9 Å². The quantitative estimate of drug-likeness (QED) is 0.589. The first kappa shape index (κ1) is 16.3. The second-order valence-corrected chi connectivity index (χ2v) is 6.69. The fourth-order valence-electron chi connectivity index (χ4n) is 2.61. The highest BCUT2D eigenvalue weighted by atomic mass is 32.1. The Morgan fingerprint density at radius 2 is 2.15 bits per heavy atom. The summed E-state index contributed by atoms with van der Waals surface area (Å²) in [5.74, 6) is -0.335. The van der Waals surface area contributed by atoms with Gasteiger partial charge in [-0.15, -0.1) is 11.3 Å². The van der Waals surface area contributed by atoms with Crippen LogP contribution >= 0.6 is 11.3 Å². The van der Waals surface area contributed by atoms with Gasteiger partial charge in [0.25, 0.3) is 11.7 Å². The number of nitrogens with one attached hydrogen (secondary N) is 1. The number of fused-ring (bicyclic) bond motifs is 1. The summed E-state index contributed by atoms with van der Waals surface area (Å²) >= 11 is 1.64. The molecule has 4 aromatic rings. The molecule has 0 aliphatic carbocycles. The van der Waals surface area contributed by atoms with E-state index in [0.717, 1.165) is 6.42 Å². The Labute approximate surface area is 152 Å². The minimum Gasteiger partial charge on any atom is -0.352 e. The maximum Gasteiger partial charge on any atom is 0.252 e. The zero-order chi connectivity index (χ0) is 17.9. The predicted octanol–water partition coefficient (Wildman–Crippen LogP) is 2.96. The van der Waals surface area contributed by atoms with Crippen LogP contribution in [0.4, 0.5) is 4.39 Å². The van der Waals surface area contributed by atoms with Crippen molar-refractivity contribution < 1.29 is 9.18 Å². The molecule has 0 aliphatic heterocycles. The Bertz CT molecular complexity index is 1060. The molecular weight excluding hydrogens is 353 g/mol. The van der Waals surface area contributed by atoms with E-state index in [9.17, 15) is 9.18 Å². The largest absolute Gasteiger partial charge is 0.352 e. The highest BCUT2D eigenvalue weighted by Gasteiger charge is 2.11. The highest BCUT2D eigenvalue weighted by Crippen LogP contribution is 2.21. The second kappa shape index (κ2) is 7.01. The van der Waals surface area contributed by atoms with E-state index in [1.165, 1.54) is 27.9 Å². The van der Waals surface area contributed by atoms with Crippen LogP contribution in [0.5, 0.6) is 0 Å². The molecule has 6 nitrogen and oxygen atoms in total. The molecule has 3 aromatic heterocycles. The topological polar surface area (TPSA) is 72.2 Å². The zero-order valence-electron chi connectivity index (χ0n) is 13.6. The Balaban J connectivity index is 1.54. The van der Waals surface area contributed by atoms with E-state index in [1.807, 2.05) is 17.5 Å². The molecule has 0 spiro atoms. The molecule has 1 N–H and O–H groups in total. The van der Waals surface area contributed by atoms with Gasteiger partial charge in [-0.25, -0.2) is 13.9 Å². The summed E-state index contributed by atoms with van der Waals surface area (Å²) in [5, 5.41) is 8.84. The first-order valence-corrected chi connectivity index (χ1v) is 8.84. The molecule has 1 aromatic carbocycles. The van der Waals surface area contributed by atoms with Crippen LogP contribution < -0.4 is 5.32 Å². The Hall–Kier alpha value is -3.13. The van der Waals surface area contributed by atoms with Gasteiger partial charge in [0.1, 0.15) is 12.1 Å². The van der Waals surface area contributed by atoms with E-state index in [1.54, 1.807) is 29.8 Å². The van der Waals surface area contributed by atoms with E-state index in [-0.39, 0.29) is 11.5 Å². The number of carbonyl (C=O) groups is 1. The summed E-state index contributed by atoms with van der Waals surface area (Å²) in [6, 6.07) is 8.22. The molecule has 130 valence electrons. The first-order valence-electron chi connectivity index (χ1n) is 7.96. The number of thiophene rings is 1. The smallest absolute Gasteiger partial charge is 0.252 e. The van der Waals surface area contributed by atoms with E-state index in [2.05, 4.69) is 20.4 Å². The van der Waals surface area contributed by atoms with Crippen molar-refractivity contribution in [2.24, 2.45) is 0 Å². The van der Waals surface area contributed by atoms with E-state index < -0.39 is 5.82 Å². The Kier molecular flexibility index (Phi) is 4.40. The third-order valence-corrected chi connectivity index (χ3v) is 4.80. The molecule has 0 fully saturated rings. The average Bonchev–Trinajstić information content (AvgIpc) is 3.32. The third kappa shape index (κ3) is 3.45. The van der Waals surface area contributed by atoms with Gasteiger partial charge in [0.05, 0.1) is 0 Å². The predicted molar refractivity (Wildman–Crippen MR) is 96.5 cm³/mol. The highest BCUT2D eigenvalue weighted by molar-refractivity contribution is 7.09. The normalized spacial score (nSPS) is 11.0. The number of amides is 1. The molecule has 0 atom stereocenters. The van der Waals surface area contributed by atoms with Crippen LogP contribution in [0.2, 0.25) is 0 Å². The number of hydrogen-bond acceptors (Lipinski definition) is 5. The molecular formula is C18H14FN5OS. The molecule has 3 heterocycles. The maximum atomic E-state index is 14.0. The monoisotopic (exact) mass is 367 g/mol. The minimum atomic E-state index is -0.482. The lowest BCUT2D eigenvalue weighted by molar-refractivity contribution is 0.0954. The molecule has 0 unspecified atom stereocenters. The van der Waals surface area contributed by atoms with Crippen LogP contribution in [-0.4, -0.2) is 32.0 Å². The van der Waals surface area contributed by atoms with Crippen LogP contribution in [0.15, 0.2) is 54.4 Å². The van der Waals surface area contributed by atoms with Crippen molar-refractivity contribution in [1.29, 1.82) is 0 Å². The van der Waals surface area contributed by atoms with Crippen LogP contribution in [0.1, 0.15) is 15.2 Å². The molecule has 0 bridgehead atoms. The van der Waals surface area contributed by atoms with Gasteiger partial charge in [-0.1, -0.05) is 6.07 Å². The van der Waals surface area contributed by atoms with Crippen molar-refractivity contribution in [1.82, 2.24) is 24.9 Å². The van der Waals surface area contributed by atoms with E-state index in [0.29, 0.717) is 23.4 Å². The molecule has 0 radical (unpaired) electrons. The van der Waals surface area contributed by atoms with Gasteiger partial charge >= 0.3 is 0 Å². The number of rotatable bonds is 5. The number of halogens is 1. The number of aromatic nitrogens is 4. The third-order valence-electron chi connectivity index (χ3n) is 3.86. The van der Waals surface area contributed by atoms with Crippen molar-refractivity contribution in [3.8, 4) is 11.1 Å². The summed E-state index contributed by atoms with van der Waals surface area (Å²) in [7, 11) is 0. The van der Waals surface area contributed by atoms with Crippen molar-refractivity contribution in [2.75, 3.05) is 6.54 Å². The Morgan fingerprint density at radius 3 is 3.00 bits per heavy atom. The van der Waals surface area contributed by atoms with Gasteiger partial charge in [0.15, 0.2) is 0 Å². The molecule has 0 saturated heterocycles. The second-order valence-electron chi connectivity index (χ2n) is 5.66. The molecule has 1 amide bonds. The van der Waals surface area contributed by atoms with Crippen LogP contribution in [0.3, 0.4) is 0 Å². The maximum absolute atomic E-state index is 14.0. The van der Waals surface area contributed by atoms with E-state index >= 15 is 0 Å². The van der Waals surface area contributed by atoms with Crippen molar-refractivity contribution >= 4 is 23.0 Å². The zero-order valence-corrected chi connectivity index (χ0v) is 14.4. The van der Waals surface area contributed by atoms with Crippen molar-refractivity contribution in [3.05, 3.63) is 70.7 Å². The van der Waals surface area contributed by atoms with Gasteiger partial charge in [0.2, 0.25) is 0 Å². The Morgan fingerprint density at radius 1 is 1.23 bits per heavy atom. The number of hydrogen-bond donors (Lipinski definition) is 1. The SMILES string of the molecule is O=C(NCCc1cccs1)c1cc(F)cc(-c2cnc3ncnn3c2)c1. The lowest BCUT2D eigenvalue weighted by atomic mass is 10.0. The molecule has 4 rings (SSSR count). The lowest BCUT2D eigenvalue weighted by Crippen LogP contribution is -2.25. The first-order chi connectivity index (χ1) is 12.7. The number of benzene rings is 1. The molecule has 26 heavy (non-hydrogen) atoms. The number of carbonyl (C=O) groups excluding carboxylic acids is 1. The lowest BCUT2D eigenvalue weighted by Gasteiger charge is -2.08. The van der Waals surface area contributed by atoms with Gasteiger partial charge in [-0.05, 0) is 41.6 Å². The van der Waals surface area contributed by atoms with Gasteiger partial charge in [0, 0.05) is 34.9 Å². The molecule has 0 aliphatic rings. The number of nitrogens with zero attached hydrogens (tertiary/aromatic N) is 4. The minimum absolute atomic E-state index is 0.268. The van der Waals surface area contributed by atoms with E-state index in [4.69, 9.17) is 0 Å². The average molecular weight is 367 g/mol. The summed E-state index contributed by atoms with van der Waals surface area (Å²) in [6.45, 7) is 0.498. The van der Waals surface area contributed by atoms with Gasteiger partial charge in [-0.2, -0.15) is 10.1 Å². The molecule has 0 saturated carbocycles. The fourth-order valence-corrected chi connectivity index (χ4v) is 3.32.